The minimum Gasteiger partial charge on any atom is -0.301 e. The molecule has 0 unspecified atom stereocenters. The molecule has 1 aromatic rings. The van der Waals surface area contributed by atoms with Crippen molar-refractivity contribution < 1.29 is 0 Å². The normalized spacial score (nSPS) is 18.8. The fourth-order valence-electron chi connectivity index (χ4n) is 2.40. The van der Waals surface area contributed by atoms with Crippen LogP contribution in [0.15, 0.2) is 24.5 Å². The molecular weight excluding hydrogens is 210 g/mol. The number of pyridine rings is 1. The molecule has 94 valence electrons. The van der Waals surface area contributed by atoms with E-state index in [0.717, 1.165) is 12.5 Å². The predicted molar refractivity (Wildman–Crippen MR) is 70.8 cm³/mol. The SMILES string of the molecule is CC(C)CN1CCN(Cc2cccnc2)CC1. The third kappa shape index (κ3) is 4.10. The second-order valence-electron chi connectivity index (χ2n) is 5.33. The summed E-state index contributed by atoms with van der Waals surface area (Å²) in [5.74, 6) is 0.778. The molecule has 0 amide bonds. The highest BCUT2D eigenvalue weighted by atomic mass is 15.3. The van der Waals surface area contributed by atoms with Gasteiger partial charge in [-0.25, -0.2) is 0 Å². The molecule has 0 N–H and O–H groups in total. The summed E-state index contributed by atoms with van der Waals surface area (Å²) in [6.07, 6.45) is 3.81. The fourth-order valence-corrected chi connectivity index (χ4v) is 2.40. The van der Waals surface area contributed by atoms with E-state index in [1.54, 1.807) is 0 Å². The average Bonchev–Trinajstić information content (AvgIpc) is 2.32. The van der Waals surface area contributed by atoms with Crippen LogP contribution < -0.4 is 0 Å². The third-order valence-electron chi connectivity index (χ3n) is 3.22. The molecular formula is C14H23N3. The van der Waals surface area contributed by atoms with Gasteiger partial charge < -0.3 is 4.90 Å². The lowest BCUT2D eigenvalue weighted by Crippen LogP contribution is -2.46. The van der Waals surface area contributed by atoms with Crippen molar-refractivity contribution in [3.63, 3.8) is 0 Å². The Morgan fingerprint density at radius 1 is 1.18 bits per heavy atom. The summed E-state index contributed by atoms with van der Waals surface area (Å²) in [7, 11) is 0. The van der Waals surface area contributed by atoms with Gasteiger partial charge in [-0.1, -0.05) is 19.9 Å². The van der Waals surface area contributed by atoms with Gasteiger partial charge in [-0.2, -0.15) is 0 Å². The summed E-state index contributed by atoms with van der Waals surface area (Å²) in [6, 6.07) is 4.18. The molecule has 17 heavy (non-hydrogen) atoms. The van der Waals surface area contributed by atoms with E-state index in [-0.39, 0.29) is 0 Å². The highest BCUT2D eigenvalue weighted by Crippen LogP contribution is 2.08. The van der Waals surface area contributed by atoms with Gasteiger partial charge in [0.2, 0.25) is 0 Å². The topological polar surface area (TPSA) is 19.4 Å². The minimum absolute atomic E-state index is 0.778. The molecule has 1 saturated heterocycles. The Hall–Kier alpha value is -0.930. The van der Waals surface area contributed by atoms with Crippen LogP contribution in [-0.4, -0.2) is 47.5 Å². The second-order valence-corrected chi connectivity index (χ2v) is 5.33. The van der Waals surface area contributed by atoms with E-state index in [1.807, 2.05) is 18.5 Å². The summed E-state index contributed by atoms with van der Waals surface area (Å²) in [5.41, 5.74) is 1.32. The molecule has 0 saturated carbocycles. The van der Waals surface area contributed by atoms with Gasteiger partial charge in [-0.05, 0) is 17.5 Å². The van der Waals surface area contributed by atoms with Gasteiger partial charge in [-0.15, -0.1) is 0 Å². The highest BCUT2D eigenvalue weighted by molar-refractivity contribution is 5.08. The quantitative estimate of drug-likeness (QED) is 0.791. The average molecular weight is 233 g/mol. The van der Waals surface area contributed by atoms with Crippen LogP contribution in [0, 0.1) is 5.92 Å². The number of hydrogen-bond acceptors (Lipinski definition) is 3. The maximum absolute atomic E-state index is 4.17. The van der Waals surface area contributed by atoms with Crippen LogP contribution in [0.4, 0.5) is 0 Å². The molecule has 0 aliphatic carbocycles. The summed E-state index contributed by atoms with van der Waals surface area (Å²) in [5, 5.41) is 0. The molecule has 1 aliphatic rings. The molecule has 0 bridgehead atoms. The fraction of sp³-hybridized carbons (Fsp3) is 0.643. The summed E-state index contributed by atoms with van der Waals surface area (Å²) in [4.78, 5) is 9.26. The lowest BCUT2D eigenvalue weighted by atomic mass is 10.2. The van der Waals surface area contributed by atoms with Gasteiger partial charge in [0.25, 0.3) is 0 Å². The Kier molecular flexibility index (Phi) is 4.51. The molecule has 0 aromatic carbocycles. The zero-order valence-electron chi connectivity index (χ0n) is 11.0. The maximum Gasteiger partial charge on any atom is 0.0312 e. The molecule has 0 radical (unpaired) electrons. The Morgan fingerprint density at radius 2 is 1.88 bits per heavy atom. The Balaban J connectivity index is 1.76. The standard InChI is InChI=1S/C14H23N3/c1-13(2)11-16-6-8-17(9-7-16)12-14-4-3-5-15-10-14/h3-5,10,13H,6-9,11-12H2,1-2H3. The number of nitrogens with zero attached hydrogens (tertiary/aromatic N) is 3. The van der Waals surface area contributed by atoms with Gasteiger partial charge in [0.15, 0.2) is 0 Å². The van der Waals surface area contributed by atoms with Crippen molar-refractivity contribution in [2.45, 2.75) is 20.4 Å². The molecule has 2 heterocycles. The van der Waals surface area contributed by atoms with Crippen LogP contribution in [0.1, 0.15) is 19.4 Å². The summed E-state index contributed by atoms with van der Waals surface area (Å²) < 4.78 is 0. The van der Waals surface area contributed by atoms with Gasteiger partial charge in [0.1, 0.15) is 0 Å². The van der Waals surface area contributed by atoms with Gasteiger partial charge in [-0.3, -0.25) is 9.88 Å². The lowest BCUT2D eigenvalue weighted by molar-refractivity contribution is 0.117. The zero-order chi connectivity index (χ0) is 12.1. The molecule has 3 nitrogen and oxygen atoms in total. The van der Waals surface area contributed by atoms with E-state index in [1.165, 1.54) is 38.3 Å². The van der Waals surface area contributed by atoms with Crippen molar-refractivity contribution in [1.82, 2.24) is 14.8 Å². The monoisotopic (exact) mass is 233 g/mol. The smallest absolute Gasteiger partial charge is 0.0312 e. The van der Waals surface area contributed by atoms with E-state index in [0.29, 0.717) is 0 Å². The Morgan fingerprint density at radius 3 is 2.47 bits per heavy atom. The van der Waals surface area contributed by atoms with Crippen LogP contribution in [0.5, 0.6) is 0 Å². The summed E-state index contributed by atoms with van der Waals surface area (Å²) in [6.45, 7) is 11.6. The van der Waals surface area contributed by atoms with Crippen molar-refractivity contribution in [2.75, 3.05) is 32.7 Å². The third-order valence-corrected chi connectivity index (χ3v) is 3.22. The van der Waals surface area contributed by atoms with Crippen LogP contribution in [0.2, 0.25) is 0 Å². The van der Waals surface area contributed by atoms with Gasteiger partial charge in [0.05, 0.1) is 0 Å². The Labute approximate surface area is 104 Å². The summed E-state index contributed by atoms with van der Waals surface area (Å²) >= 11 is 0. The van der Waals surface area contributed by atoms with Crippen LogP contribution in [-0.2, 0) is 6.54 Å². The van der Waals surface area contributed by atoms with E-state index in [9.17, 15) is 0 Å². The molecule has 0 atom stereocenters. The molecule has 3 heteroatoms. The van der Waals surface area contributed by atoms with E-state index in [2.05, 4.69) is 34.7 Å². The first kappa shape index (κ1) is 12.5. The minimum atomic E-state index is 0.778. The molecule has 0 spiro atoms. The number of piperazine rings is 1. The lowest BCUT2D eigenvalue weighted by Gasteiger charge is -2.35. The highest BCUT2D eigenvalue weighted by Gasteiger charge is 2.17. The Bertz CT molecular complexity index is 315. The van der Waals surface area contributed by atoms with E-state index < -0.39 is 0 Å². The molecule has 1 fully saturated rings. The number of aromatic nitrogens is 1. The van der Waals surface area contributed by atoms with Crippen molar-refractivity contribution in [3.05, 3.63) is 30.1 Å². The van der Waals surface area contributed by atoms with Crippen LogP contribution in [0.25, 0.3) is 0 Å². The predicted octanol–water partition coefficient (Wildman–Crippen LogP) is 1.86. The van der Waals surface area contributed by atoms with Crippen molar-refractivity contribution in [3.8, 4) is 0 Å². The van der Waals surface area contributed by atoms with Gasteiger partial charge in [0, 0.05) is 51.7 Å². The van der Waals surface area contributed by atoms with E-state index in [4.69, 9.17) is 0 Å². The molecule has 1 aliphatic heterocycles. The van der Waals surface area contributed by atoms with Gasteiger partial charge >= 0.3 is 0 Å². The maximum atomic E-state index is 4.17. The first-order valence-electron chi connectivity index (χ1n) is 6.57. The van der Waals surface area contributed by atoms with Crippen molar-refractivity contribution in [2.24, 2.45) is 5.92 Å². The molecule has 2 rings (SSSR count). The second kappa shape index (κ2) is 6.12. The van der Waals surface area contributed by atoms with Crippen molar-refractivity contribution >= 4 is 0 Å². The molecule has 1 aromatic heterocycles. The number of hydrogen-bond donors (Lipinski definition) is 0. The van der Waals surface area contributed by atoms with E-state index >= 15 is 0 Å². The largest absolute Gasteiger partial charge is 0.301 e. The zero-order valence-corrected chi connectivity index (χ0v) is 11.0. The number of rotatable bonds is 4. The first-order chi connectivity index (χ1) is 8.24. The van der Waals surface area contributed by atoms with Crippen molar-refractivity contribution in [1.29, 1.82) is 0 Å². The van der Waals surface area contributed by atoms with Crippen LogP contribution >= 0.6 is 0 Å². The van der Waals surface area contributed by atoms with Crippen LogP contribution in [0.3, 0.4) is 0 Å². The first-order valence-corrected chi connectivity index (χ1v) is 6.57.